The summed E-state index contributed by atoms with van der Waals surface area (Å²) >= 11 is 11.4. The number of hydrogen-bond acceptors (Lipinski definition) is 3. The lowest BCUT2D eigenvalue weighted by Crippen LogP contribution is -2.57. The Labute approximate surface area is 313 Å². The molecule has 2 unspecified atom stereocenters. The SMILES string of the molecule is Cc1ccc(Sc2ccc(CC[Si](C)(O[Si](C)(CCc3ccc(Sc4ccc(C)cc4)c(Br)c3)C(C)(C)C)C(C)(C)C)cc2Br)cc1. The minimum Gasteiger partial charge on any atom is -0.454 e. The van der Waals surface area contributed by atoms with Gasteiger partial charge in [-0.15, -0.1) is 0 Å². The highest BCUT2D eigenvalue weighted by molar-refractivity contribution is 9.10. The summed E-state index contributed by atoms with van der Waals surface area (Å²) in [6.07, 6.45) is 2.07. The van der Waals surface area contributed by atoms with Gasteiger partial charge >= 0.3 is 0 Å². The molecule has 47 heavy (non-hydrogen) atoms. The zero-order chi connectivity index (χ0) is 34.6. The first kappa shape index (κ1) is 38.7. The average molecular weight is 829 g/mol. The lowest BCUT2D eigenvalue weighted by Gasteiger charge is -2.50. The number of aryl methyl sites for hydroxylation is 4. The van der Waals surface area contributed by atoms with E-state index < -0.39 is 16.6 Å². The van der Waals surface area contributed by atoms with Crippen molar-refractivity contribution in [2.45, 2.75) is 123 Å². The molecule has 0 bridgehead atoms. The van der Waals surface area contributed by atoms with Crippen LogP contribution in [0.15, 0.2) is 113 Å². The molecule has 0 N–H and O–H groups in total. The van der Waals surface area contributed by atoms with Crippen molar-refractivity contribution in [1.82, 2.24) is 0 Å². The molecular weight excluding hydrogens is 777 g/mol. The monoisotopic (exact) mass is 826 g/mol. The van der Waals surface area contributed by atoms with Crippen molar-refractivity contribution in [2.24, 2.45) is 0 Å². The molecule has 0 aliphatic rings. The second-order valence-corrected chi connectivity index (χ2v) is 29.1. The van der Waals surface area contributed by atoms with E-state index in [-0.39, 0.29) is 10.1 Å². The Bertz CT molecular complexity index is 1520. The highest BCUT2D eigenvalue weighted by Gasteiger charge is 2.51. The number of hydrogen-bond donors (Lipinski definition) is 0. The zero-order valence-corrected chi connectivity index (χ0v) is 36.7. The van der Waals surface area contributed by atoms with Gasteiger partial charge in [0.25, 0.3) is 0 Å². The molecule has 2 atom stereocenters. The molecule has 4 aromatic carbocycles. The fraction of sp³-hybridized carbons (Fsp3) is 0.400. The minimum atomic E-state index is -2.15. The molecule has 0 amide bonds. The molecule has 4 aromatic rings. The molecule has 0 saturated carbocycles. The summed E-state index contributed by atoms with van der Waals surface area (Å²) in [6.45, 7) is 23.8. The van der Waals surface area contributed by atoms with E-state index in [1.165, 1.54) is 50.8 Å². The first-order valence-corrected chi connectivity index (χ1v) is 25.1. The maximum Gasteiger partial charge on any atom is 0.182 e. The molecule has 1 nitrogen and oxygen atoms in total. The van der Waals surface area contributed by atoms with Gasteiger partial charge in [-0.25, -0.2) is 0 Å². The van der Waals surface area contributed by atoms with Crippen molar-refractivity contribution in [1.29, 1.82) is 0 Å². The summed E-state index contributed by atoms with van der Waals surface area (Å²) in [6, 6.07) is 33.6. The van der Waals surface area contributed by atoms with E-state index in [0.29, 0.717) is 0 Å². The maximum absolute atomic E-state index is 7.73. The van der Waals surface area contributed by atoms with Gasteiger partial charge in [-0.1, -0.05) is 113 Å². The van der Waals surface area contributed by atoms with Gasteiger partial charge in [0, 0.05) is 28.5 Å². The van der Waals surface area contributed by atoms with Crippen LogP contribution >= 0.6 is 55.4 Å². The summed E-state index contributed by atoms with van der Waals surface area (Å²) in [5.74, 6) is 0. The summed E-state index contributed by atoms with van der Waals surface area (Å²) in [4.78, 5) is 5.04. The molecule has 7 heteroatoms. The van der Waals surface area contributed by atoms with Crippen molar-refractivity contribution < 1.29 is 4.12 Å². The molecular formula is C40H52Br2OS2Si2. The van der Waals surface area contributed by atoms with Gasteiger partial charge in [0.15, 0.2) is 16.6 Å². The van der Waals surface area contributed by atoms with E-state index in [2.05, 4.69) is 185 Å². The third-order valence-electron chi connectivity index (χ3n) is 9.90. The average Bonchev–Trinajstić information content (AvgIpc) is 2.98. The van der Waals surface area contributed by atoms with E-state index >= 15 is 0 Å². The van der Waals surface area contributed by atoms with Crippen molar-refractivity contribution >= 4 is 72.0 Å². The van der Waals surface area contributed by atoms with Crippen LogP contribution < -0.4 is 0 Å². The lowest BCUT2D eigenvalue weighted by atomic mass is 10.2. The van der Waals surface area contributed by atoms with E-state index in [1.54, 1.807) is 0 Å². The first-order chi connectivity index (χ1) is 21.9. The molecule has 0 aromatic heterocycles. The standard InChI is InChI=1S/C40H52Br2OS2Si2/c1-29-11-17-33(18-12-29)44-37-21-15-31(27-35(37)41)23-25-46(9,39(3,4)5)43-47(10,40(6,7)8)26-24-32-16-22-38(36(42)28-32)45-34-19-13-30(2)14-20-34/h11-22,27-28H,23-26H2,1-10H3. The number of halogens is 2. The number of benzene rings is 4. The molecule has 0 heterocycles. The van der Waals surface area contributed by atoms with Gasteiger partial charge in [0.2, 0.25) is 0 Å². The molecule has 0 fully saturated rings. The van der Waals surface area contributed by atoms with Crippen LogP contribution in [-0.4, -0.2) is 16.6 Å². The maximum atomic E-state index is 7.73. The van der Waals surface area contributed by atoms with E-state index in [9.17, 15) is 0 Å². The Hall–Kier alpha value is -1.07. The Kier molecular flexibility index (Phi) is 13.1. The second kappa shape index (κ2) is 15.9. The fourth-order valence-corrected chi connectivity index (χ4v) is 18.7. The highest BCUT2D eigenvalue weighted by atomic mass is 79.9. The van der Waals surface area contributed by atoms with Crippen molar-refractivity contribution in [3.63, 3.8) is 0 Å². The minimum absolute atomic E-state index is 0.128. The molecule has 4 rings (SSSR count). The Morgan fingerprint density at radius 2 is 0.894 bits per heavy atom. The molecule has 0 aliphatic heterocycles. The lowest BCUT2D eigenvalue weighted by molar-refractivity contribution is 0.431. The largest absolute Gasteiger partial charge is 0.454 e. The van der Waals surface area contributed by atoms with Crippen molar-refractivity contribution in [2.75, 3.05) is 0 Å². The van der Waals surface area contributed by atoms with E-state index in [0.717, 1.165) is 24.9 Å². The molecule has 0 spiro atoms. The van der Waals surface area contributed by atoms with Gasteiger partial charge in [0.05, 0.1) is 0 Å². The van der Waals surface area contributed by atoms with Gasteiger partial charge in [-0.3, -0.25) is 0 Å². The van der Waals surface area contributed by atoms with Crippen LogP contribution in [0.4, 0.5) is 0 Å². The van der Waals surface area contributed by atoms with Gasteiger partial charge in [0.1, 0.15) is 0 Å². The zero-order valence-electron chi connectivity index (χ0n) is 29.9. The van der Waals surface area contributed by atoms with Gasteiger partial charge in [-0.05, 0) is 153 Å². The Morgan fingerprint density at radius 3 is 1.19 bits per heavy atom. The molecule has 0 saturated heterocycles. The van der Waals surface area contributed by atoms with Crippen LogP contribution in [-0.2, 0) is 17.0 Å². The molecule has 0 aliphatic carbocycles. The quantitative estimate of drug-likeness (QED) is 0.132. The van der Waals surface area contributed by atoms with Gasteiger partial charge in [-0.2, -0.15) is 0 Å². The van der Waals surface area contributed by atoms with E-state index in [1.807, 2.05) is 23.5 Å². The van der Waals surface area contributed by atoms with Gasteiger partial charge < -0.3 is 4.12 Å². The van der Waals surface area contributed by atoms with Crippen LogP contribution in [0.3, 0.4) is 0 Å². The first-order valence-electron chi connectivity index (χ1n) is 16.6. The summed E-state index contributed by atoms with van der Waals surface area (Å²) < 4.78 is 10.1. The topological polar surface area (TPSA) is 9.23 Å². The summed E-state index contributed by atoms with van der Waals surface area (Å²) in [5, 5.41) is 0.256. The van der Waals surface area contributed by atoms with Crippen molar-refractivity contribution in [3.05, 3.63) is 116 Å². The molecule has 0 radical (unpaired) electrons. The Morgan fingerprint density at radius 1 is 0.553 bits per heavy atom. The van der Waals surface area contributed by atoms with E-state index in [4.69, 9.17) is 4.12 Å². The summed E-state index contributed by atoms with van der Waals surface area (Å²) in [5.41, 5.74) is 5.34. The third-order valence-corrected chi connectivity index (χ3v) is 26.3. The third kappa shape index (κ3) is 10.5. The summed E-state index contributed by atoms with van der Waals surface area (Å²) in [7, 11) is -4.31. The Balaban J connectivity index is 1.47. The predicted molar refractivity (Wildman–Crippen MR) is 220 cm³/mol. The van der Waals surface area contributed by atoms with Crippen LogP contribution in [0, 0.1) is 13.8 Å². The smallest absolute Gasteiger partial charge is 0.182 e. The van der Waals surface area contributed by atoms with Crippen molar-refractivity contribution in [3.8, 4) is 0 Å². The highest BCUT2D eigenvalue weighted by Crippen LogP contribution is 2.49. The molecule has 252 valence electrons. The second-order valence-electron chi connectivity index (χ2n) is 15.4. The van der Waals surface area contributed by atoms with Crippen LogP contribution in [0.25, 0.3) is 0 Å². The number of rotatable bonds is 12. The van der Waals surface area contributed by atoms with Crippen LogP contribution in [0.5, 0.6) is 0 Å². The van der Waals surface area contributed by atoms with Crippen LogP contribution in [0.1, 0.15) is 63.8 Å². The van der Waals surface area contributed by atoms with Crippen LogP contribution in [0.2, 0.25) is 35.3 Å². The predicted octanol–water partition coefficient (Wildman–Crippen LogP) is 14.7. The fourth-order valence-electron chi connectivity index (χ4n) is 5.45. The normalized spacial score (nSPS) is 14.9.